The highest BCUT2D eigenvalue weighted by molar-refractivity contribution is 5.83. The Labute approximate surface area is 43.2 Å². The predicted molar refractivity (Wildman–Crippen MR) is 30.4 cm³/mol. The third-order valence-corrected chi connectivity index (χ3v) is 0.540. The quantitative estimate of drug-likeness (QED) is 0.505. The standard InChI is InChI=1S/C5H9NO/c1-3-6-5(2)4-7/h3,7H,1,4H2,2H3/b6-5-. The van der Waals surface area contributed by atoms with Crippen molar-refractivity contribution in [1.82, 2.24) is 0 Å². The summed E-state index contributed by atoms with van der Waals surface area (Å²) in [6.45, 7) is 5.11. The van der Waals surface area contributed by atoms with Gasteiger partial charge in [0.05, 0.1) is 6.61 Å². The van der Waals surface area contributed by atoms with Gasteiger partial charge in [0.1, 0.15) is 0 Å². The summed E-state index contributed by atoms with van der Waals surface area (Å²) in [5.41, 5.74) is 0.690. The molecule has 0 aromatic carbocycles. The van der Waals surface area contributed by atoms with Crippen LogP contribution in [0.3, 0.4) is 0 Å². The fourth-order valence-corrected chi connectivity index (χ4v) is 0.197. The molecule has 0 amide bonds. The van der Waals surface area contributed by atoms with Gasteiger partial charge in [0.25, 0.3) is 0 Å². The molecule has 2 heteroatoms. The van der Waals surface area contributed by atoms with E-state index in [9.17, 15) is 0 Å². The normalized spacial score (nSPS) is 11.4. The topological polar surface area (TPSA) is 32.6 Å². The van der Waals surface area contributed by atoms with Crippen LogP contribution in [0.4, 0.5) is 0 Å². The minimum Gasteiger partial charge on any atom is -0.390 e. The Balaban J connectivity index is 3.49. The zero-order valence-corrected chi connectivity index (χ0v) is 4.39. The second-order valence-electron chi connectivity index (χ2n) is 1.21. The van der Waals surface area contributed by atoms with Crippen LogP contribution in [0.15, 0.2) is 17.8 Å². The fourth-order valence-electron chi connectivity index (χ4n) is 0.197. The lowest BCUT2D eigenvalue weighted by molar-refractivity contribution is 0.357. The molecule has 0 saturated heterocycles. The molecular weight excluding hydrogens is 90.1 g/mol. The lowest BCUT2D eigenvalue weighted by Crippen LogP contribution is -1.95. The molecular formula is C5H9NO. The van der Waals surface area contributed by atoms with Crippen LogP contribution >= 0.6 is 0 Å². The Morgan fingerprint density at radius 2 is 2.57 bits per heavy atom. The molecule has 7 heavy (non-hydrogen) atoms. The van der Waals surface area contributed by atoms with Crippen LogP contribution in [0.25, 0.3) is 0 Å². The van der Waals surface area contributed by atoms with Gasteiger partial charge in [-0.05, 0) is 6.92 Å². The van der Waals surface area contributed by atoms with E-state index < -0.39 is 0 Å². The van der Waals surface area contributed by atoms with Gasteiger partial charge in [-0.1, -0.05) is 6.58 Å². The highest BCUT2D eigenvalue weighted by Crippen LogP contribution is 1.73. The summed E-state index contributed by atoms with van der Waals surface area (Å²) in [4.78, 5) is 3.67. The van der Waals surface area contributed by atoms with Crippen LogP contribution in [-0.4, -0.2) is 17.4 Å². The smallest absolute Gasteiger partial charge is 0.0810 e. The lowest BCUT2D eigenvalue weighted by atomic mass is 10.5. The molecule has 0 unspecified atom stereocenters. The van der Waals surface area contributed by atoms with E-state index in [1.807, 2.05) is 0 Å². The van der Waals surface area contributed by atoms with Gasteiger partial charge in [-0.15, -0.1) is 0 Å². The Morgan fingerprint density at radius 3 is 2.71 bits per heavy atom. The van der Waals surface area contributed by atoms with E-state index in [2.05, 4.69) is 11.6 Å². The summed E-state index contributed by atoms with van der Waals surface area (Å²) in [5, 5.41) is 8.29. The second kappa shape index (κ2) is 3.56. The van der Waals surface area contributed by atoms with E-state index in [1.165, 1.54) is 6.20 Å². The summed E-state index contributed by atoms with van der Waals surface area (Å²) in [6, 6.07) is 0. The molecule has 0 rings (SSSR count). The number of rotatable bonds is 2. The molecule has 0 aromatic heterocycles. The average Bonchev–Trinajstić information content (AvgIpc) is 1.68. The van der Waals surface area contributed by atoms with Gasteiger partial charge in [-0.3, -0.25) is 4.99 Å². The van der Waals surface area contributed by atoms with Gasteiger partial charge in [0.15, 0.2) is 0 Å². The highest BCUT2D eigenvalue weighted by atomic mass is 16.3. The fraction of sp³-hybridized carbons (Fsp3) is 0.400. The van der Waals surface area contributed by atoms with Crippen molar-refractivity contribution in [3.8, 4) is 0 Å². The van der Waals surface area contributed by atoms with Crippen LogP contribution in [0.5, 0.6) is 0 Å². The number of aliphatic hydroxyl groups is 1. The Hall–Kier alpha value is -0.630. The van der Waals surface area contributed by atoms with E-state index in [4.69, 9.17) is 5.11 Å². The van der Waals surface area contributed by atoms with Gasteiger partial charge in [-0.25, -0.2) is 0 Å². The van der Waals surface area contributed by atoms with Crippen LogP contribution in [0.2, 0.25) is 0 Å². The van der Waals surface area contributed by atoms with E-state index in [-0.39, 0.29) is 6.61 Å². The number of aliphatic imine (C=N–C) groups is 1. The molecule has 40 valence electrons. The first-order valence-corrected chi connectivity index (χ1v) is 2.06. The summed E-state index contributed by atoms with van der Waals surface area (Å²) >= 11 is 0. The molecule has 0 spiro atoms. The maximum absolute atomic E-state index is 8.29. The molecule has 0 aliphatic heterocycles. The Kier molecular flexibility index (Phi) is 3.24. The number of nitrogens with zero attached hydrogens (tertiary/aromatic N) is 1. The van der Waals surface area contributed by atoms with Crippen molar-refractivity contribution in [2.75, 3.05) is 6.61 Å². The van der Waals surface area contributed by atoms with E-state index in [0.29, 0.717) is 5.71 Å². The molecule has 0 atom stereocenters. The van der Waals surface area contributed by atoms with Crippen molar-refractivity contribution in [2.24, 2.45) is 4.99 Å². The molecule has 0 aliphatic carbocycles. The van der Waals surface area contributed by atoms with Gasteiger partial charge >= 0.3 is 0 Å². The maximum Gasteiger partial charge on any atom is 0.0810 e. The van der Waals surface area contributed by atoms with Gasteiger partial charge in [0.2, 0.25) is 0 Å². The minimum atomic E-state index is 0.0199. The summed E-state index contributed by atoms with van der Waals surface area (Å²) in [5.74, 6) is 0. The van der Waals surface area contributed by atoms with Crippen molar-refractivity contribution in [3.63, 3.8) is 0 Å². The second-order valence-corrected chi connectivity index (χ2v) is 1.21. The molecule has 0 saturated carbocycles. The third kappa shape index (κ3) is 3.19. The van der Waals surface area contributed by atoms with Crippen LogP contribution in [-0.2, 0) is 0 Å². The Morgan fingerprint density at radius 1 is 2.00 bits per heavy atom. The average molecular weight is 99.1 g/mol. The molecule has 0 radical (unpaired) electrons. The lowest BCUT2D eigenvalue weighted by Gasteiger charge is -1.84. The summed E-state index contributed by atoms with van der Waals surface area (Å²) < 4.78 is 0. The molecule has 0 aliphatic rings. The van der Waals surface area contributed by atoms with Crippen molar-refractivity contribution in [2.45, 2.75) is 6.92 Å². The first-order valence-electron chi connectivity index (χ1n) is 2.06. The first kappa shape index (κ1) is 6.37. The van der Waals surface area contributed by atoms with Crippen molar-refractivity contribution in [3.05, 3.63) is 12.8 Å². The minimum absolute atomic E-state index is 0.0199. The molecule has 2 nitrogen and oxygen atoms in total. The van der Waals surface area contributed by atoms with E-state index in [1.54, 1.807) is 6.92 Å². The summed E-state index contributed by atoms with van der Waals surface area (Å²) in [6.07, 6.45) is 1.41. The Bertz CT molecular complexity index is 86.1. The van der Waals surface area contributed by atoms with E-state index >= 15 is 0 Å². The number of aliphatic hydroxyl groups excluding tert-OH is 1. The SMILES string of the molecule is C=C/N=C(/C)CO. The summed E-state index contributed by atoms with van der Waals surface area (Å²) in [7, 11) is 0. The highest BCUT2D eigenvalue weighted by Gasteiger charge is 1.78. The first-order chi connectivity index (χ1) is 3.31. The number of hydrogen-bond acceptors (Lipinski definition) is 2. The van der Waals surface area contributed by atoms with Crippen molar-refractivity contribution < 1.29 is 5.11 Å². The third-order valence-electron chi connectivity index (χ3n) is 0.540. The molecule has 0 fully saturated rings. The zero-order valence-electron chi connectivity index (χ0n) is 4.39. The van der Waals surface area contributed by atoms with Gasteiger partial charge < -0.3 is 5.11 Å². The molecule has 1 N–H and O–H groups in total. The maximum atomic E-state index is 8.29. The van der Waals surface area contributed by atoms with Crippen molar-refractivity contribution >= 4 is 5.71 Å². The van der Waals surface area contributed by atoms with Gasteiger partial charge in [0, 0.05) is 11.9 Å². The predicted octanol–water partition coefficient (Wildman–Crippen LogP) is 0.583. The van der Waals surface area contributed by atoms with Crippen LogP contribution < -0.4 is 0 Å². The molecule has 0 bridgehead atoms. The monoisotopic (exact) mass is 99.1 g/mol. The molecule has 0 heterocycles. The van der Waals surface area contributed by atoms with Crippen molar-refractivity contribution in [1.29, 1.82) is 0 Å². The van der Waals surface area contributed by atoms with Gasteiger partial charge in [-0.2, -0.15) is 0 Å². The zero-order chi connectivity index (χ0) is 5.70. The molecule has 0 aromatic rings. The number of hydrogen-bond donors (Lipinski definition) is 1. The largest absolute Gasteiger partial charge is 0.390 e. The van der Waals surface area contributed by atoms with Crippen LogP contribution in [0, 0.1) is 0 Å². The van der Waals surface area contributed by atoms with Crippen LogP contribution in [0.1, 0.15) is 6.92 Å². The van der Waals surface area contributed by atoms with E-state index in [0.717, 1.165) is 0 Å².